The third-order valence-electron chi connectivity index (χ3n) is 3.45. The second kappa shape index (κ2) is 4.26. The first-order valence-corrected chi connectivity index (χ1v) is 6.39. The van der Waals surface area contributed by atoms with Crippen LogP contribution in [0.25, 0.3) is 0 Å². The molecule has 17 heavy (non-hydrogen) atoms. The molecule has 1 saturated heterocycles. The average molecular weight is 252 g/mol. The molecule has 0 bridgehead atoms. The highest BCUT2D eigenvalue weighted by molar-refractivity contribution is 6.64. The Bertz CT molecular complexity index is 447. The van der Waals surface area contributed by atoms with Crippen LogP contribution in [0, 0.1) is 5.92 Å². The first-order chi connectivity index (χ1) is 8.24. The van der Waals surface area contributed by atoms with Gasteiger partial charge in [0.25, 0.3) is 0 Å². The van der Waals surface area contributed by atoms with Crippen LogP contribution >= 0.6 is 11.6 Å². The van der Waals surface area contributed by atoms with Crippen molar-refractivity contribution in [2.24, 2.45) is 5.92 Å². The summed E-state index contributed by atoms with van der Waals surface area (Å²) in [6.45, 7) is 1.47. The molecule has 1 aromatic rings. The summed E-state index contributed by atoms with van der Waals surface area (Å²) in [4.78, 5) is 22.0. The van der Waals surface area contributed by atoms with Gasteiger partial charge in [0.1, 0.15) is 0 Å². The normalized spacial score (nSPS) is 24.1. The predicted molar refractivity (Wildman–Crippen MR) is 65.2 cm³/mol. The average Bonchev–Trinajstić information content (AvgIpc) is 3.06. The van der Waals surface area contributed by atoms with Crippen LogP contribution < -0.4 is 4.90 Å². The fourth-order valence-corrected chi connectivity index (χ4v) is 2.43. The van der Waals surface area contributed by atoms with Crippen LogP contribution in [-0.4, -0.2) is 28.3 Å². The van der Waals surface area contributed by atoms with E-state index in [1.807, 2.05) is 12.3 Å². The highest BCUT2D eigenvalue weighted by Gasteiger charge is 2.30. The van der Waals surface area contributed by atoms with Gasteiger partial charge in [-0.05, 0) is 36.9 Å². The van der Waals surface area contributed by atoms with Crippen molar-refractivity contribution in [3.8, 4) is 0 Å². The van der Waals surface area contributed by atoms with E-state index in [-0.39, 0.29) is 11.2 Å². The van der Waals surface area contributed by atoms with Crippen LogP contribution in [0.15, 0.2) is 12.3 Å². The fourth-order valence-electron chi connectivity index (χ4n) is 2.25. The Morgan fingerprint density at radius 1 is 1.41 bits per heavy atom. The van der Waals surface area contributed by atoms with Gasteiger partial charge in [-0.2, -0.15) is 0 Å². The van der Waals surface area contributed by atoms with Gasteiger partial charge in [-0.25, -0.2) is 9.97 Å². The van der Waals surface area contributed by atoms with Crippen LogP contribution in [0.5, 0.6) is 0 Å². The molecular formula is C12H14ClN3O. The maximum atomic E-state index is 11.1. The SMILES string of the molecule is O=C(Cl)C1CCN(c2nccc(C3CC3)n2)C1. The molecule has 3 rings (SSSR count). The van der Waals surface area contributed by atoms with E-state index < -0.39 is 0 Å². The zero-order valence-corrected chi connectivity index (χ0v) is 10.2. The number of hydrogen-bond donors (Lipinski definition) is 0. The zero-order valence-electron chi connectivity index (χ0n) is 9.47. The summed E-state index contributed by atoms with van der Waals surface area (Å²) in [5.74, 6) is 1.31. The molecule has 0 spiro atoms. The first kappa shape index (κ1) is 11.0. The molecule has 1 aliphatic carbocycles. The second-order valence-corrected chi connectivity index (χ2v) is 5.16. The maximum Gasteiger partial charge on any atom is 0.226 e. The van der Waals surface area contributed by atoms with E-state index in [1.54, 1.807) is 0 Å². The lowest BCUT2D eigenvalue weighted by atomic mass is 10.1. The van der Waals surface area contributed by atoms with Crippen molar-refractivity contribution in [2.45, 2.75) is 25.2 Å². The van der Waals surface area contributed by atoms with E-state index in [0.29, 0.717) is 12.5 Å². The van der Waals surface area contributed by atoms with Crippen molar-refractivity contribution >= 4 is 22.8 Å². The molecule has 1 atom stereocenters. The molecule has 0 aromatic carbocycles. The number of nitrogens with zero attached hydrogens (tertiary/aromatic N) is 3. The summed E-state index contributed by atoms with van der Waals surface area (Å²) < 4.78 is 0. The number of hydrogen-bond acceptors (Lipinski definition) is 4. The number of rotatable bonds is 3. The van der Waals surface area contributed by atoms with E-state index in [4.69, 9.17) is 11.6 Å². The lowest BCUT2D eigenvalue weighted by molar-refractivity contribution is -0.114. The number of carbonyl (C=O) groups excluding carboxylic acids is 1. The van der Waals surface area contributed by atoms with Crippen molar-refractivity contribution in [1.82, 2.24) is 9.97 Å². The standard InChI is InChI=1S/C12H14ClN3O/c13-11(17)9-4-6-16(7-9)12-14-5-3-10(15-12)8-1-2-8/h3,5,8-9H,1-2,4,6-7H2. The van der Waals surface area contributed by atoms with Crippen molar-refractivity contribution in [3.05, 3.63) is 18.0 Å². The molecule has 0 N–H and O–H groups in total. The lowest BCUT2D eigenvalue weighted by Crippen LogP contribution is -2.23. The van der Waals surface area contributed by atoms with Crippen molar-refractivity contribution in [1.29, 1.82) is 0 Å². The molecule has 1 aromatic heterocycles. The summed E-state index contributed by atoms with van der Waals surface area (Å²) in [5.41, 5.74) is 1.13. The molecule has 5 heteroatoms. The van der Waals surface area contributed by atoms with Gasteiger partial charge in [0.05, 0.1) is 5.92 Å². The third-order valence-corrected chi connectivity index (χ3v) is 3.76. The Morgan fingerprint density at radius 3 is 2.88 bits per heavy atom. The topological polar surface area (TPSA) is 46.1 Å². The highest BCUT2D eigenvalue weighted by atomic mass is 35.5. The van der Waals surface area contributed by atoms with E-state index in [9.17, 15) is 4.79 Å². The van der Waals surface area contributed by atoms with Crippen molar-refractivity contribution < 1.29 is 4.79 Å². The highest BCUT2D eigenvalue weighted by Crippen LogP contribution is 2.39. The minimum Gasteiger partial charge on any atom is -0.340 e. The fraction of sp³-hybridized carbons (Fsp3) is 0.583. The molecule has 2 aliphatic rings. The van der Waals surface area contributed by atoms with Gasteiger partial charge in [-0.1, -0.05) is 0 Å². The molecule has 0 amide bonds. The quantitative estimate of drug-likeness (QED) is 0.771. The van der Waals surface area contributed by atoms with E-state index in [2.05, 4.69) is 14.9 Å². The van der Waals surface area contributed by atoms with Gasteiger partial charge in [-0.3, -0.25) is 4.79 Å². The van der Waals surface area contributed by atoms with E-state index >= 15 is 0 Å². The summed E-state index contributed by atoms with van der Waals surface area (Å²) in [6, 6.07) is 1.99. The smallest absolute Gasteiger partial charge is 0.226 e. The number of aromatic nitrogens is 2. The minimum absolute atomic E-state index is 0.0650. The summed E-state index contributed by atoms with van der Waals surface area (Å²) >= 11 is 5.52. The molecular weight excluding hydrogens is 238 g/mol. The zero-order chi connectivity index (χ0) is 11.8. The van der Waals surface area contributed by atoms with Gasteiger partial charge in [0.2, 0.25) is 11.2 Å². The molecule has 0 radical (unpaired) electrons. The van der Waals surface area contributed by atoms with E-state index in [0.717, 1.165) is 24.6 Å². The van der Waals surface area contributed by atoms with Crippen molar-refractivity contribution in [3.63, 3.8) is 0 Å². The largest absolute Gasteiger partial charge is 0.340 e. The summed E-state index contributed by atoms with van der Waals surface area (Å²) in [5, 5.41) is -0.245. The van der Waals surface area contributed by atoms with Gasteiger partial charge < -0.3 is 4.90 Å². The molecule has 90 valence electrons. The molecule has 1 saturated carbocycles. The number of halogens is 1. The molecule has 4 nitrogen and oxygen atoms in total. The first-order valence-electron chi connectivity index (χ1n) is 6.01. The Kier molecular flexibility index (Phi) is 2.74. The van der Waals surface area contributed by atoms with Gasteiger partial charge >= 0.3 is 0 Å². The van der Waals surface area contributed by atoms with Crippen LogP contribution in [0.2, 0.25) is 0 Å². The van der Waals surface area contributed by atoms with E-state index in [1.165, 1.54) is 12.8 Å². The van der Waals surface area contributed by atoms with Crippen LogP contribution in [0.4, 0.5) is 5.95 Å². The monoisotopic (exact) mass is 251 g/mol. The Labute approximate surface area is 105 Å². The van der Waals surface area contributed by atoms with Crippen LogP contribution in [0.1, 0.15) is 30.9 Å². The number of anilines is 1. The Balaban J connectivity index is 1.76. The minimum atomic E-state index is -0.245. The molecule has 1 aliphatic heterocycles. The number of carbonyl (C=O) groups is 1. The molecule has 2 fully saturated rings. The maximum absolute atomic E-state index is 11.1. The summed E-state index contributed by atoms with van der Waals surface area (Å²) in [6.07, 6.45) is 5.09. The third kappa shape index (κ3) is 2.27. The molecule has 2 heterocycles. The van der Waals surface area contributed by atoms with Crippen LogP contribution in [0.3, 0.4) is 0 Å². The Hall–Kier alpha value is -1.16. The van der Waals surface area contributed by atoms with Crippen molar-refractivity contribution in [2.75, 3.05) is 18.0 Å². The predicted octanol–water partition coefficient (Wildman–Crippen LogP) is 1.95. The van der Waals surface area contributed by atoms with Gasteiger partial charge in [-0.15, -0.1) is 0 Å². The van der Waals surface area contributed by atoms with Gasteiger partial charge in [0.15, 0.2) is 0 Å². The summed E-state index contributed by atoms with van der Waals surface area (Å²) in [7, 11) is 0. The molecule has 1 unspecified atom stereocenters. The van der Waals surface area contributed by atoms with Gasteiger partial charge in [0, 0.05) is 30.9 Å². The second-order valence-electron chi connectivity index (χ2n) is 4.79. The lowest BCUT2D eigenvalue weighted by Gasteiger charge is -2.15. The Morgan fingerprint density at radius 2 is 2.24 bits per heavy atom. The van der Waals surface area contributed by atoms with Crippen LogP contribution in [-0.2, 0) is 4.79 Å².